The van der Waals surface area contributed by atoms with Crippen molar-refractivity contribution in [1.82, 2.24) is 4.98 Å². The van der Waals surface area contributed by atoms with Gasteiger partial charge in [-0.3, -0.25) is 0 Å². The number of nitrogens with one attached hydrogen (secondary N) is 1. The summed E-state index contributed by atoms with van der Waals surface area (Å²) in [5, 5.41) is 4.16. The third-order valence-corrected chi connectivity index (χ3v) is 4.28. The number of fused-ring (bicyclic) bond motifs is 1. The van der Waals surface area contributed by atoms with Crippen LogP contribution in [0.3, 0.4) is 0 Å². The monoisotopic (exact) mass is 328 g/mol. The van der Waals surface area contributed by atoms with Gasteiger partial charge in [-0.1, -0.05) is 29.0 Å². The van der Waals surface area contributed by atoms with Crippen LogP contribution in [-0.4, -0.2) is 4.98 Å². The van der Waals surface area contributed by atoms with Crippen molar-refractivity contribution in [3.05, 3.63) is 53.1 Å². The molecule has 108 valence electrons. The second-order valence-electron chi connectivity index (χ2n) is 4.31. The van der Waals surface area contributed by atoms with E-state index in [1.807, 2.05) is 6.07 Å². The number of hydrogen-bond acceptors (Lipinski definition) is 3. The lowest BCUT2D eigenvalue weighted by atomic mass is 10.2. The highest BCUT2D eigenvalue weighted by Gasteiger charge is 2.29. The Morgan fingerprint density at radius 3 is 2.38 bits per heavy atom. The number of hydrogen-bond donors (Lipinski definition) is 1. The van der Waals surface area contributed by atoms with Crippen LogP contribution >= 0.6 is 22.9 Å². The molecule has 0 aliphatic rings. The van der Waals surface area contributed by atoms with Crippen LogP contribution in [0.25, 0.3) is 10.2 Å². The van der Waals surface area contributed by atoms with Crippen molar-refractivity contribution in [2.45, 2.75) is 6.18 Å². The van der Waals surface area contributed by atoms with E-state index in [4.69, 9.17) is 11.6 Å². The lowest BCUT2D eigenvalue weighted by Gasteiger charge is -2.07. The molecule has 0 radical (unpaired) electrons. The van der Waals surface area contributed by atoms with Crippen molar-refractivity contribution in [2.75, 3.05) is 5.32 Å². The number of halogens is 4. The minimum Gasteiger partial charge on any atom is -0.332 e. The smallest absolute Gasteiger partial charge is 0.332 e. The van der Waals surface area contributed by atoms with Crippen molar-refractivity contribution < 1.29 is 13.2 Å². The minimum absolute atomic E-state index is 0.540. The first kappa shape index (κ1) is 14.2. The maximum atomic E-state index is 12.5. The normalized spacial score (nSPS) is 11.8. The summed E-state index contributed by atoms with van der Waals surface area (Å²) in [5.41, 5.74) is 0.612. The number of aromatic nitrogens is 1. The summed E-state index contributed by atoms with van der Waals surface area (Å²) in [6.07, 6.45) is -4.33. The number of benzene rings is 2. The number of nitrogens with zero attached hydrogens (tertiary/aromatic N) is 1. The van der Waals surface area contributed by atoms with Crippen LogP contribution in [0.5, 0.6) is 0 Å². The molecule has 0 saturated carbocycles. The van der Waals surface area contributed by atoms with E-state index in [1.165, 1.54) is 23.5 Å². The van der Waals surface area contributed by atoms with Gasteiger partial charge in [0.1, 0.15) is 0 Å². The second-order valence-corrected chi connectivity index (χ2v) is 5.71. The van der Waals surface area contributed by atoms with Crippen molar-refractivity contribution >= 4 is 44.0 Å². The number of thiazole rings is 1. The highest BCUT2D eigenvalue weighted by molar-refractivity contribution is 7.22. The predicted octanol–water partition coefficient (Wildman–Crippen LogP) is 5.71. The molecule has 2 nitrogen and oxygen atoms in total. The molecule has 0 fully saturated rings. The Balaban J connectivity index is 1.87. The molecule has 3 aromatic rings. The molecule has 0 aliphatic heterocycles. The molecule has 0 saturated heterocycles. The first-order chi connectivity index (χ1) is 9.93. The predicted molar refractivity (Wildman–Crippen MR) is 79.4 cm³/mol. The van der Waals surface area contributed by atoms with Gasteiger partial charge in [0.15, 0.2) is 5.13 Å². The van der Waals surface area contributed by atoms with Gasteiger partial charge in [0.2, 0.25) is 0 Å². The van der Waals surface area contributed by atoms with Gasteiger partial charge in [-0.25, -0.2) is 4.98 Å². The summed E-state index contributed by atoms with van der Waals surface area (Å²) >= 11 is 7.41. The fourth-order valence-corrected chi connectivity index (χ4v) is 3.01. The number of rotatable bonds is 2. The molecule has 1 heterocycles. The van der Waals surface area contributed by atoms with Crippen LogP contribution in [0.1, 0.15) is 5.56 Å². The molecule has 1 aromatic heterocycles. The van der Waals surface area contributed by atoms with E-state index in [2.05, 4.69) is 10.3 Å². The van der Waals surface area contributed by atoms with Gasteiger partial charge in [-0.05, 0) is 36.4 Å². The summed E-state index contributed by atoms with van der Waals surface area (Å²) in [6.45, 7) is 0. The first-order valence-electron chi connectivity index (χ1n) is 5.93. The van der Waals surface area contributed by atoms with Crippen molar-refractivity contribution in [3.63, 3.8) is 0 Å². The van der Waals surface area contributed by atoms with Gasteiger partial charge in [0, 0.05) is 5.69 Å². The minimum atomic E-state index is -4.33. The van der Waals surface area contributed by atoms with E-state index >= 15 is 0 Å². The quantitative estimate of drug-likeness (QED) is 0.651. The maximum absolute atomic E-state index is 12.5. The molecule has 21 heavy (non-hydrogen) atoms. The zero-order chi connectivity index (χ0) is 15.0. The summed E-state index contributed by atoms with van der Waals surface area (Å²) in [7, 11) is 0. The van der Waals surface area contributed by atoms with Crippen LogP contribution in [0.2, 0.25) is 5.02 Å². The molecule has 0 aliphatic carbocycles. The van der Waals surface area contributed by atoms with Crippen LogP contribution in [0.4, 0.5) is 24.0 Å². The third kappa shape index (κ3) is 2.96. The molecular formula is C14H8ClF3N2S. The zero-order valence-electron chi connectivity index (χ0n) is 10.4. The lowest BCUT2D eigenvalue weighted by molar-refractivity contribution is -0.137. The topological polar surface area (TPSA) is 24.9 Å². The molecule has 3 rings (SSSR count). The molecule has 0 unspecified atom stereocenters. The van der Waals surface area contributed by atoms with Crippen molar-refractivity contribution in [2.24, 2.45) is 0 Å². The number of anilines is 2. The molecule has 0 amide bonds. The first-order valence-corrected chi connectivity index (χ1v) is 7.12. The fraction of sp³-hybridized carbons (Fsp3) is 0.0714. The van der Waals surface area contributed by atoms with Crippen LogP contribution < -0.4 is 5.32 Å². The van der Waals surface area contributed by atoms with E-state index in [-0.39, 0.29) is 0 Å². The average molecular weight is 329 g/mol. The zero-order valence-corrected chi connectivity index (χ0v) is 12.0. The summed E-state index contributed by atoms with van der Waals surface area (Å²) in [6, 6.07) is 10.2. The molecule has 0 spiro atoms. The van der Waals surface area contributed by atoms with Crippen molar-refractivity contribution in [1.29, 1.82) is 0 Å². The largest absolute Gasteiger partial charge is 0.416 e. The van der Waals surface area contributed by atoms with Crippen molar-refractivity contribution in [3.8, 4) is 0 Å². The highest BCUT2D eigenvalue weighted by atomic mass is 35.5. The van der Waals surface area contributed by atoms with Gasteiger partial charge < -0.3 is 5.32 Å². The molecular weight excluding hydrogens is 321 g/mol. The van der Waals surface area contributed by atoms with Gasteiger partial charge in [-0.2, -0.15) is 13.2 Å². The number of alkyl halides is 3. The molecule has 0 atom stereocenters. The summed E-state index contributed by atoms with van der Waals surface area (Å²) < 4.78 is 38.3. The maximum Gasteiger partial charge on any atom is 0.416 e. The Bertz CT molecular complexity index is 781. The standard InChI is InChI=1S/C14H8ClF3N2S/c15-10-2-1-3-11-12(10)21-13(20-11)19-9-6-4-8(5-7-9)14(16,17)18/h1-7H,(H,19,20). The lowest BCUT2D eigenvalue weighted by Crippen LogP contribution is -2.04. The Kier molecular flexibility index (Phi) is 3.51. The van der Waals surface area contributed by atoms with E-state index < -0.39 is 11.7 Å². The Morgan fingerprint density at radius 1 is 1.05 bits per heavy atom. The van der Waals surface area contributed by atoms with E-state index in [1.54, 1.807) is 12.1 Å². The van der Waals surface area contributed by atoms with Gasteiger partial charge in [0.25, 0.3) is 0 Å². The van der Waals surface area contributed by atoms with E-state index in [0.29, 0.717) is 15.8 Å². The Hall–Kier alpha value is -1.79. The summed E-state index contributed by atoms with van der Waals surface area (Å²) in [4.78, 5) is 4.34. The highest BCUT2D eigenvalue weighted by Crippen LogP contribution is 2.34. The van der Waals surface area contributed by atoms with Crippen LogP contribution in [-0.2, 0) is 6.18 Å². The van der Waals surface area contributed by atoms with Gasteiger partial charge in [-0.15, -0.1) is 0 Å². The fourth-order valence-electron chi connectivity index (χ4n) is 1.83. The average Bonchev–Trinajstić information content (AvgIpc) is 2.82. The Morgan fingerprint density at radius 2 is 1.76 bits per heavy atom. The molecule has 0 bridgehead atoms. The molecule has 7 heteroatoms. The van der Waals surface area contributed by atoms with E-state index in [0.717, 1.165) is 22.3 Å². The molecule has 1 N–H and O–H groups in total. The van der Waals surface area contributed by atoms with Crippen LogP contribution in [0, 0.1) is 0 Å². The molecule has 2 aromatic carbocycles. The van der Waals surface area contributed by atoms with Crippen LogP contribution in [0.15, 0.2) is 42.5 Å². The second kappa shape index (κ2) is 5.20. The third-order valence-electron chi connectivity index (χ3n) is 2.83. The summed E-state index contributed by atoms with van der Waals surface area (Å²) in [5.74, 6) is 0. The van der Waals surface area contributed by atoms with E-state index in [9.17, 15) is 13.2 Å². The van der Waals surface area contributed by atoms with Gasteiger partial charge >= 0.3 is 6.18 Å². The Labute approximate surface area is 127 Å². The SMILES string of the molecule is FC(F)(F)c1ccc(Nc2nc3cccc(Cl)c3s2)cc1. The van der Waals surface area contributed by atoms with Gasteiger partial charge in [0.05, 0.1) is 20.8 Å².